The van der Waals surface area contributed by atoms with Gasteiger partial charge in [0.1, 0.15) is 0 Å². The normalized spacial score (nSPS) is 11.2. The van der Waals surface area contributed by atoms with Crippen molar-refractivity contribution in [3.05, 3.63) is 29.6 Å². The van der Waals surface area contributed by atoms with E-state index in [9.17, 15) is 4.79 Å². The summed E-state index contributed by atoms with van der Waals surface area (Å²) in [6.07, 6.45) is 2.42. The Morgan fingerprint density at radius 1 is 1.56 bits per heavy atom. The zero-order valence-electron chi connectivity index (χ0n) is 11.0. The Hall–Kier alpha value is -2.11. The molecule has 3 N–H and O–H groups in total. The molecule has 0 spiro atoms. The summed E-state index contributed by atoms with van der Waals surface area (Å²) in [6.45, 7) is 2.48. The minimum Gasteiger partial charge on any atom is -0.369 e. The second-order valence-electron chi connectivity index (χ2n) is 4.11. The molecule has 0 saturated carbocycles. The molecule has 0 fully saturated rings. The highest BCUT2D eigenvalue weighted by atomic mass is 16.2. The standard InChI is InChI=1S/C12H19N5O/c1-9-5-4-7-14-10(9)6-8-15-12(18)16-11(13)17(2)3/h4-5,7H,6,8H2,1-3H3,(H3,13,15,16,18). The van der Waals surface area contributed by atoms with Gasteiger partial charge in [-0.3, -0.25) is 4.98 Å². The van der Waals surface area contributed by atoms with Crippen LogP contribution < -0.4 is 11.1 Å². The zero-order chi connectivity index (χ0) is 13.5. The number of aryl methyl sites for hydroxylation is 1. The molecule has 0 radical (unpaired) electrons. The van der Waals surface area contributed by atoms with Crippen molar-refractivity contribution in [2.75, 3.05) is 20.6 Å². The van der Waals surface area contributed by atoms with Crippen molar-refractivity contribution in [2.24, 2.45) is 10.7 Å². The van der Waals surface area contributed by atoms with Crippen LogP contribution in [-0.4, -0.2) is 42.5 Å². The van der Waals surface area contributed by atoms with Crippen molar-refractivity contribution in [2.45, 2.75) is 13.3 Å². The second kappa shape index (κ2) is 6.58. The number of guanidine groups is 1. The van der Waals surface area contributed by atoms with Gasteiger partial charge < -0.3 is 16.0 Å². The number of aromatic nitrogens is 1. The van der Waals surface area contributed by atoms with Crippen LogP contribution >= 0.6 is 0 Å². The molecule has 0 aromatic carbocycles. The van der Waals surface area contributed by atoms with E-state index in [0.717, 1.165) is 11.3 Å². The van der Waals surface area contributed by atoms with Gasteiger partial charge in [-0.25, -0.2) is 4.79 Å². The number of carbonyl (C=O) groups excluding carboxylic acids is 1. The van der Waals surface area contributed by atoms with Crippen LogP contribution in [0, 0.1) is 6.92 Å². The molecule has 0 bridgehead atoms. The van der Waals surface area contributed by atoms with Crippen LogP contribution in [0.4, 0.5) is 4.79 Å². The van der Waals surface area contributed by atoms with Gasteiger partial charge in [0, 0.05) is 39.0 Å². The van der Waals surface area contributed by atoms with Gasteiger partial charge >= 0.3 is 6.03 Å². The predicted molar refractivity (Wildman–Crippen MR) is 71.4 cm³/mol. The van der Waals surface area contributed by atoms with Gasteiger partial charge in [-0.15, -0.1) is 0 Å². The average Bonchev–Trinajstić information content (AvgIpc) is 2.31. The maximum absolute atomic E-state index is 11.4. The lowest BCUT2D eigenvalue weighted by molar-refractivity contribution is 0.249. The van der Waals surface area contributed by atoms with Gasteiger partial charge in [-0.05, 0) is 18.6 Å². The fourth-order valence-corrected chi connectivity index (χ4v) is 1.31. The zero-order valence-corrected chi connectivity index (χ0v) is 11.0. The van der Waals surface area contributed by atoms with Crippen LogP contribution in [0.5, 0.6) is 0 Å². The predicted octanol–water partition coefficient (Wildman–Crippen LogP) is 0.518. The highest BCUT2D eigenvalue weighted by Gasteiger charge is 2.03. The average molecular weight is 249 g/mol. The van der Waals surface area contributed by atoms with Gasteiger partial charge in [0.25, 0.3) is 0 Å². The smallest absolute Gasteiger partial charge is 0.344 e. The van der Waals surface area contributed by atoms with Gasteiger partial charge in [0.05, 0.1) is 0 Å². The molecule has 2 amide bonds. The first-order valence-electron chi connectivity index (χ1n) is 5.70. The monoisotopic (exact) mass is 249 g/mol. The van der Waals surface area contributed by atoms with Crippen molar-refractivity contribution in [3.8, 4) is 0 Å². The van der Waals surface area contributed by atoms with E-state index in [1.54, 1.807) is 25.2 Å². The Labute approximate surface area is 107 Å². The summed E-state index contributed by atoms with van der Waals surface area (Å²) in [5.74, 6) is 0.182. The minimum absolute atomic E-state index is 0.182. The van der Waals surface area contributed by atoms with E-state index in [0.29, 0.717) is 13.0 Å². The number of amides is 2. The maximum atomic E-state index is 11.4. The fraction of sp³-hybridized carbons (Fsp3) is 0.417. The molecule has 6 nitrogen and oxygen atoms in total. The molecule has 0 saturated heterocycles. The summed E-state index contributed by atoms with van der Waals surface area (Å²) >= 11 is 0. The number of rotatable bonds is 3. The van der Waals surface area contributed by atoms with Gasteiger partial charge in [0.15, 0.2) is 5.96 Å². The molecule has 6 heteroatoms. The molecule has 0 aliphatic rings. The molecule has 0 aliphatic heterocycles. The molecule has 0 aliphatic carbocycles. The fourth-order valence-electron chi connectivity index (χ4n) is 1.31. The van der Waals surface area contributed by atoms with Crippen LogP contribution in [0.2, 0.25) is 0 Å². The molecule has 1 aromatic heterocycles. The lowest BCUT2D eigenvalue weighted by atomic mass is 10.2. The maximum Gasteiger partial charge on any atom is 0.344 e. The van der Waals surface area contributed by atoms with E-state index in [1.165, 1.54) is 0 Å². The van der Waals surface area contributed by atoms with Crippen LogP contribution in [0.3, 0.4) is 0 Å². The Kier molecular flexibility index (Phi) is 5.10. The number of hydrogen-bond acceptors (Lipinski definition) is 2. The number of nitrogens with one attached hydrogen (secondary N) is 1. The summed E-state index contributed by atoms with van der Waals surface area (Å²) in [5, 5.41) is 2.67. The quantitative estimate of drug-likeness (QED) is 0.604. The third-order valence-corrected chi connectivity index (χ3v) is 2.43. The first kappa shape index (κ1) is 14.0. The molecular weight excluding hydrogens is 230 g/mol. The highest BCUT2D eigenvalue weighted by Crippen LogP contribution is 2.02. The second-order valence-corrected chi connectivity index (χ2v) is 4.11. The highest BCUT2D eigenvalue weighted by molar-refractivity contribution is 5.91. The first-order chi connectivity index (χ1) is 8.50. The van der Waals surface area contributed by atoms with E-state index < -0.39 is 6.03 Å². The number of carbonyl (C=O) groups is 1. The summed E-state index contributed by atoms with van der Waals surface area (Å²) in [5.41, 5.74) is 7.62. The van der Waals surface area contributed by atoms with E-state index in [4.69, 9.17) is 5.73 Å². The van der Waals surface area contributed by atoms with E-state index in [1.807, 2.05) is 19.1 Å². The summed E-state index contributed by atoms with van der Waals surface area (Å²) in [6, 6.07) is 3.45. The number of aliphatic imine (C=N–C) groups is 1. The van der Waals surface area contributed by atoms with Crippen LogP contribution in [0.25, 0.3) is 0 Å². The third-order valence-electron chi connectivity index (χ3n) is 2.43. The van der Waals surface area contributed by atoms with Crippen molar-refractivity contribution in [1.29, 1.82) is 0 Å². The lowest BCUT2D eigenvalue weighted by Crippen LogP contribution is -2.33. The Morgan fingerprint density at radius 2 is 2.28 bits per heavy atom. The molecule has 98 valence electrons. The summed E-state index contributed by atoms with van der Waals surface area (Å²) in [4.78, 5) is 20.9. The molecule has 1 rings (SSSR count). The number of urea groups is 1. The number of nitrogens with two attached hydrogens (primary N) is 1. The van der Waals surface area contributed by atoms with Gasteiger partial charge in [-0.1, -0.05) is 6.07 Å². The lowest BCUT2D eigenvalue weighted by Gasteiger charge is -2.10. The molecule has 0 unspecified atom stereocenters. The largest absolute Gasteiger partial charge is 0.369 e. The van der Waals surface area contributed by atoms with Crippen LogP contribution in [0.1, 0.15) is 11.3 Å². The Balaban J connectivity index is 2.41. The topological polar surface area (TPSA) is 83.6 Å². The summed E-state index contributed by atoms with van der Waals surface area (Å²) in [7, 11) is 3.45. The SMILES string of the molecule is Cc1cccnc1CCNC(=O)N=C(N)N(C)C. The van der Waals surface area contributed by atoms with Crippen LogP contribution in [0.15, 0.2) is 23.3 Å². The minimum atomic E-state index is -0.435. The molecule has 1 heterocycles. The van der Waals surface area contributed by atoms with Crippen LogP contribution in [-0.2, 0) is 6.42 Å². The Morgan fingerprint density at radius 3 is 2.89 bits per heavy atom. The summed E-state index contributed by atoms with van der Waals surface area (Å²) < 4.78 is 0. The molecule has 1 aromatic rings. The Bertz CT molecular complexity index is 442. The van der Waals surface area contributed by atoms with E-state index in [2.05, 4.69) is 15.3 Å². The first-order valence-corrected chi connectivity index (χ1v) is 5.70. The molecule has 18 heavy (non-hydrogen) atoms. The number of nitrogens with zero attached hydrogens (tertiary/aromatic N) is 3. The van der Waals surface area contributed by atoms with E-state index in [-0.39, 0.29) is 5.96 Å². The number of pyridine rings is 1. The molecule has 0 atom stereocenters. The third kappa shape index (κ3) is 4.40. The van der Waals surface area contributed by atoms with Crippen molar-refractivity contribution >= 4 is 12.0 Å². The van der Waals surface area contributed by atoms with Gasteiger partial charge in [-0.2, -0.15) is 4.99 Å². The van der Waals surface area contributed by atoms with Crippen molar-refractivity contribution in [1.82, 2.24) is 15.2 Å². The number of hydrogen-bond donors (Lipinski definition) is 2. The van der Waals surface area contributed by atoms with Gasteiger partial charge in [0.2, 0.25) is 0 Å². The van der Waals surface area contributed by atoms with E-state index >= 15 is 0 Å². The molecular formula is C12H19N5O. The van der Waals surface area contributed by atoms with Crippen molar-refractivity contribution < 1.29 is 4.79 Å². The van der Waals surface area contributed by atoms with Crippen molar-refractivity contribution in [3.63, 3.8) is 0 Å².